The molecule has 2 aromatic rings. The van der Waals surface area contributed by atoms with Crippen LogP contribution in [0.5, 0.6) is 5.75 Å². The molecule has 0 atom stereocenters. The van der Waals surface area contributed by atoms with Crippen LogP contribution in [0.15, 0.2) is 47.6 Å². The summed E-state index contributed by atoms with van der Waals surface area (Å²) < 4.78 is 4.90. The van der Waals surface area contributed by atoms with Gasteiger partial charge in [-0.1, -0.05) is 6.07 Å². The molecule has 1 N–H and O–H groups in total. The second kappa shape index (κ2) is 9.18. The number of nitro benzene ring substituents is 1. The smallest absolute Gasteiger partial charge is 0.311 e. The second-order valence-corrected chi connectivity index (χ2v) is 7.01. The maximum absolute atomic E-state index is 12.5. The van der Waals surface area contributed by atoms with Crippen molar-refractivity contribution in [2.45, 2.75) is 0 Å². The van der Waals surface area contributed by atoms with Crippen LogP contribution in [0.3, 0.4) is 0 Å². The summed E-state index contributed by atoms with van der Waals surface area (Å²) in [5, 5.41) is 13.2. The Bertz CT molecular complexity index is 1040. The van der Waals surface area contributed by atoms with Gasteiger partial charge in [0, 0.05) is 37.1 Å². The molecule has 10 nitrogen and oxygen atoms in total. The van der Waals surface area contributed by atoms with E-state index in [-0.39, 0.29) is 35.0 Å². The molecular formula is C19H16N4O6S. The van der Waals surface area contributed by atoms with Crippen molar-refractivity contribution >= 4 is 40.6 Å². The minimum atomic E-state index is -0.648. The quantitative estimate of drug-likeness (QED) is 0.404. The monoisotopic (exact) mass is 428 g/mol. The number of thioether (sulfide) groups is 1. The molecule has 0 radical (unpaired) electrons. The summed E-state index contributed by atoms with van der Waals surface area (Å²) in [4.78, 5) is 52.5. The molecule has 11 heteroatoms. The second-order valence-electron chi connectivity index (χ2n) is 6.02. The summed E-state index contributed by atoms with van der Waals surface area (Å²) in [5.41, 5.74) is 0.419. The first-order valence-corrected chi connectivity index (χ1v) is 9.48. The van der Waals surface area contributed by atoms with Crippen LogP contribution in [-0.2, 0) is 4.79 Å². The molecule has 0 saturated carbocycles. The van der Waals surface area contributed by atoms with Crippen LogP contribution >= 0.6 is 11.8 Å². The van der Waals surface area contributed by atoms with Gasteiger partial charge in [0.05, 0.1) is 16.9 Å². The fourth-order valence-electron chi connectivity index (χ4n) is 2.66. The predicted molar refractivity (Wildman–Crippen MR) is 109 cm³/mol. The van der Waals surface area contributed by atoms with Gasteiger partial charge in [-0.25, -0.2) is 0 Å². The van der Waals surface area contributed by atoms with Gasteiger partial charge in [-0.3, -0.25) is 34.4 Å². The van der Waals surface area contributed by atoms with E-state index >= 15 is 0 Å². The van der Waals surface area contributed by atoms with Gasteiger partial charge in [0.1, 0.15) is 0 Å². The first kappa shape index (κ1) is 21.0. The molecule has 1 aliphatic rings. The Kier molecular flexibility index (Phi) is 6.42. The number of carbonyl (C=O) groups is 3. The number of carbonyl (C=O) groups excluding carboxylic acids is 3. The molecule has 3 rings (SSSR count). The molecule has 30 heavy (non-hydrogen) atoms. The van der Waals surface area contributed by atoms with Crippen LogP contribution in [-0.4, -0.2) is 52.1 Å². The van der Waals surface area contributed by atoms with Crippen molar-refractivity contribution in [1.29, 1.82) is 0 Å². The van der Waals surface area contributed by atoms with Crippen molar-refractivity contribution < 1.29 is 24.0 Å². The topological polar surface area (TPSA) is 132 Å². The van der Waals surface area contributed by atoms with Gasteiger partial charge < -0.3 is 10.1 Å². The van der Waals surface area contributed by atoms with Crippen LogP contribution in [0, 0.1) is 10.1 Å². The Morgan fingerprint density at radius 3 is 2.83 bits per heavy atom. The number of nitrogens with zero attached hydrogens (tertiary/aromatic N) is 3. The molecule has 1 aromatic heterocycles. The number of nitro groups is 1. The molecule has 1 fully saturated rings. The molecule has 0 aliphatic carbocycles. The number of pyridine rings is 1. The summed E-state index contributed by atoms with van der Waals surface area (Å²) >= 11 is 0.810. The zero-order valence-corrected chi connectivity index (χ0v) is 16.5. The third-order valence-corrected chi connectivity index (χ3v) is 5.02. The third kappa shape index (κ3) is 4.63. The summed E-state index contributed by atoms with van der Waals surface area (Å²) in [7, 11) is 1.29. The summed E-state index contributed by atoms with van der Waals surface area (Å²) in [6.45, 7) is -0.0318. The molecule has 0 bridgehead atoms. The molecule has 1 saturated heterocycles. The zero-order valence-electron chi connectivity index (χ0n) is 15.7. The van der Waals surface area contributed by atoms with Crippen molar-refractivity contribution in [2.75, 3.05) is 20.2 Å². The molecule has 2 heterocycles. The minimum Gasteiger partial charge on any atom is -0.490 e. The normalized spacial score (nSPS) is 14.8. The van der Waals surface area contributed by atoms with Gasteiger partial charge in [0.2, 0.25) is 0 Å². The van der Waals surface area contributed by atoms with E-state index in [9.17, 15) is 24.5 Å². The summed E-state index contributed by atoms with van der Waals surface area (Å²) in [6, 6.07) is 7.29. The average Bonchev–Trinajstić information content (AvgIpc) is 3.01. The van der Waals surface area contributed by atoms with Crippen LogP contribution in [0.25, 0.3) is 6.08 Å². The number of rotatable bonds is 7. The van der Waals surface area contributed by atoms with E-state index < -0.39 is 22.0 Å². The van der Waals surface area contributed by atoms with Gasteiger partial charge in [-0.15, -0.1) is 0 Å². The summed E-state index contributed by atoms with van der Waals surface area (Å²) in [6.07, 6.45) is 4.75. The number of hydrogen-bond acceptors (Lipinski definition) is 8. The van der Waals surface area contributed by atoms with Crippen LogP contribution in [0.1, 0.15) is 15.9 Å². The van der Waals surface area contributed by atoms with E-state index in [1.165, 1.54) is 19.2 Å². The molecule has 0 unspecified atom stereocenters. The number of benzene rings is 1. The molecule has 154 valence electrons. The number of imide groups is 1. The van der Waals surface area contributed by atoms with E-state index in [4.69, 9.17) is 4.74 Å². The fraction of sp³-hybridized carbons (Fsp3) is 0.158. The highest BCUT2D eigenvalue weighted by Gasteiger charge is 2.34. The maximum Gasteiger partial charge on any atom is 0.311 e. The van der Waals surface area contributed by atoms with Gasteiger partial charge in [-0.05, 0) is 41.6 Å². The van der Waals surface area contributed by atoms with Crippen LogP contribution in [0.2, 0.25) is 0 Å². The van der Waals surface area contributed by atoms with Crippen molar-refractivity contribution in [2.24, 2.45) is 0 Å². The van der Waals surface area contributed by atoms with Crippen LogP contribution < -0.4 is 10.1 Å². The third-order valence-electron chi connectivity index (χ3n) is 4.11. The predicted octanol–water partition coefficient (Wildman–Crippen LogP) is 2.46. The summed E-state index contributed by atoms with van der Waals surface area (Å²) in [5.74, 6) is -0.989. The number of nitrogens with one attached hydrogen (secondary N) is 1. The van der Waals surface area contributed by atoms with E-state index in [1.807, 2.05) is 0 Å². The highest BCUT2D eigenvalue weighted by molar-refractivity contribution is 8.18. The Labute approximate surface area is 175 Å². The SMILES string of the molecule is COc1ccc(C(=O)NCCN2C(=O)SC(=Cc3cccnc3)C2=O)cc1[N+](=O)[O-]. The maximum atomic E-state index is 12.5. The molecule has 0 spiro atoms. The van der Waals surface area contributed by atoms with E-state index in [0.29, 0.717) is 5.56 Å². The van der Waals surface area contributed by atoms with Crippen molar-refractivity contribution in [3.63, 3.8) is 0 Å². The largest absolute Gasteiger partial charge is 0.490 e. The fourth-order valence-corrected chi connectivity index (χ4v) is 3.53. The number of methoxy groups -OCH3 is 1. The molecular weight excluding hydrogens is 412 g/mol. The Morgan fingerprint density at radius 1 is 1.37 bits per heavy atom. The first-order valence-electron chi connectivity index (χ1n) is 8.66. The average molecular weight is 428 g/mol. The highest BCUT2D eigenvalue weighted by Crippen LogP contribution is 2.32. The van der Waals surface area contributed by atoms with Gasteiger partial charge >= 0.3 is 5.69 Å². The number of ether oxygens (including phenoxy) is 1. The Balaban J connectivity index is 1.61. The lowest BCUT2D eigenvalue weighted by atomic mass is 10.1. The number of amides is 3. The van der Waals surface area contributed by atoms with Crippen LogP contribution in [0.4, 0.5) is 10.5 Å². The van der Waals surface area contributed by atoms with E-state index in [1.54, 1.807) is 30.6 Å². The van der Waals surface area contributed by atoms with E-state index in [0.717, 1.165) is 22.7 Å². The highest BCUT2D eigenvalue weighted by atomic mass is 32.2. The van der Waals surface area contributed by atoms with E-state index in [2.05, 4.69) is 10.3 Å². The lowest BCUT2D eigenvalue weighted by Gasteiger charge is -2.13. The van der Waals surface area contributed by atoms with Gasteiger partial charge in [0.15, 0.2) is 5.75 Å². The standard InChI is InChI=1S/C19H16N4O6S/c1-29-15-5-4-13(10-14(15)23(27)28)17(24)21-7-8-22-18(25)16(30-19(22)26)9-12-3-2-6-20-11-12/h2-6,9-11H,7-8H2,1H3,(H,21,24). The van der Waals surface area contributed by atoms with Gasteiger partial charge in [0.25, 0.3) is 17.1 Å². The molecule has 1 aromatic carbocycles. The lowest BCUT2D eigenvalue weighted by Crippen LogP contribution is -2.37. The molecule has 1 aliphatic heterocycles. The first-order chi connectivity index (χ1) is 14.4. The van der Waals surface area contributed by atoms with Crippen molar-refractivity contribution in [3.8, 4) is 5.75 Å². The van der Waals surface area contributed by atoms with Crippen molar-refractivity contribution in [1.82, 2.24) is 15.2 Å². The van der Waals surface area contributed by atoms with Crippen molar-refractivity contribution in [3.05, 3.63) is 68.9 Å². The lowest BCUT2D eigenvalue weighted by molar-refractivity contribution is -0.385. The zero-order chi connectivity index (χ0) is 21.7. The minimum absolute atomic E-state index is 0.00310. The molecule has 3 amide bonds. The Hall–Kier alpha value is -3.73. The Morgan fingerprint density at radius 2 is 2.17 bits per heavy atom. The number of aromatic nitrogens is 1. The number of hydrogen-bond donors (Lipinski definition) is 1. The van der Waals surface area contributed by atoms with Gasteiger partial charge in [-0.2, -0.15) is 0 Å².